The van der Waals surface area contributed by atoms with Gasteiger partial charge < -0.3 is 10.8 Å². The lowest BCUT2D eigenvalue weighted by Crippen LogP contribution is -2.58. The van der Waals surface area contributed by atoms with Gasteiger partial charge in [0.1, 0.15) is 5.52 Å². The molecule has 0 aliphatic heterocycles. The molecule has 2 aromatic carbocycles. The molecule has 0 amide bonds. The predicted octanol–water partition coefficient (Wildman–Crippen LogP) is 4.74. The van der Waals surface area contributed by atoms with Gasteiger partial charge in [-0.1, -0.05) is 61.2 Å². The predicted molar refractivity (Wildman–Crippen MR) is 137 cm³/mol. The third-order valence-electron chi connectivity index (χ3n) is 6.72. The number of nitrogens with zero attached hydrogens (tertiary/aromatic N) is 5. The molecule has 6 rings (SSSR count). The highest BCUT2D eigenvalue weighted by Crippen LogP contribution is 2.46. The summed E-state index contributed by atoms with van der Waals surface area (Å²) in [5.41, 5.74) is 13.4. The summed E-state index contributed by atoms with van der Waals surface area (Å²) >= 11 is 0. The monoisotopic (exact) mass is 462 g/mol. The van der Waals surface area contributed by atoms with Gasteiger partial charge in [0.15, 0.2) is 11.3 Å². The van der Waals surface area contributed by atoms with E-state index in [2.05, 4.69) is 16.7 Å². The summed E-state index contributed by atoms with van der Waals surface area (Å²) in [6.45, 7) is 7.75. The molecule has 1 fully saturated rings. The van der Waals surface area contributed by atoms with Crippen molar-refractivity contribution in [2.75, 3.05) is 0 Å². The van der Waals surface area contributed by atoms with Crippen molar-refractivity contribution in [2.45, 2.75) is 37.8 Å². The van der Waals surface area contributed by atoms with E-state index in [0.717, 1.165) is 39.3 Å². The molecule has 1 aliphatic rings. The molecule has 1 aliphatic carbocycles. The summed E-state index contributed by atoms with van der Waals surface area (Å²) in [6, 6.07) is 20.0. The zero-order valence-electron chi connectivity index (χ0n) is 19.7. The first-order chi connectivity index (χ1) is 16.7. The molecule has 3 aromatic heterocycles. The molecule has 5 aromatic rings. The molecule has 0 saturated heterocycles. The SMILES string of the molecule is C=C(C)c1cc2ncc3nc(-c4ccccc4)c(-c4ccc([C@]5(N)C[C@](C)(O)C5)cc4)nc3n2n1. The van der Waals surface area contributed by atoms with Crippen molar-refractivity contribution in [1.29, 1.82) is 0 Å². The third kappa shape index (κ3) is 3.60. The lowest BCUT2D eigenvalue weighted by molar-refractivity contribution is -0.0738. The van der Waals surface area contributed by atoms with Crippen molar-refractivity contribution in [3.8, 4) is 22.5 Å². The highest BCUT2D eigenvalue weighted by Gasteiger charge is 2.49. The molecule has 1 saturated carbocycles. The Morgan fingerprint density at radius 1 is 1.00 bits per heavy atom. The van der Waals surface area contributed by atoms with Crippen molar-refractivity contribution in [3.63, 3.8) is 0 Å². The normalized spacial score (nSPS) is 21.8. The lowest BCUT2D eigenvalue weighted by Gasteiger charge is -2.49. The second-order valence-corrected chi connectivity index (χ2v) is 9.92. The zero-order valence-corrected chi connectivity index (χ0v) is 19.7. The van der Waals surface area contributed by atoms with Crippen LogP contribution in [0, 0.1) is 0 Å². The summed E-state index contributed by atoms with van der Waals surface area (Å²) in [4.78, 5) is 14.6. The maximum atomic E-state index is 10.2. The summed E-state index contributed by atoms with van der Waals surface area (Å²) in [5.74, 6) is 0. The number of allylic oxidation sites excluding steroid dienone is 1. The molecule has 0 spiro atoms. The number of nitrogens with two attached hydrogens (primary N) is 1. The topological polar surface area (TPSA) is 102 Å². The van der Waals surface area contributed by atoms with E-state index in [0.29, 0.717) is 29.7 Å². The average Bonchev–Trinajstić information content (AvgIpc) is 3.28. The van der Waals surface area contributed by atoms with Gasteiger partial charge in [-0.3, -0.25) is 0 Å². The molecule has 3 N–H and O–H groups in total. The number of fused-ring (bicyclic) bond motifs is 3. The third-order valence-corrected chi connectivity index (χ3v) is 6.72. The number of hydrogen-bond acceptors (Lipinski definition) is 6. The van der Waals surface area contributed by atoms with Gasteiger partial charge in [-0.05, 0) is 37.8 Å². The number of aromatic nitrogens is 5. The van der Waals surface area contributed by atoms with Crippen molar-refractivity contribution in [1.82, 2.24) is 24.6 Å². The van der Waals surface area contributed by atoms with Crippen LogP contribution in [-0.4, -0.2) is 35.3 Å². The van der Waals surface area contributed by atoms with Gasteiger partial charge in [0.2, 0.25) is 0 Å². The zero-order chi connectivity index (χ0) is 24.4. The Balaban J connectivity index is 1.54. The van der Waals surface area contributed by atoms with E-state index >= 15 is 0 Å². The fraction of sp³-hybridized carbons (Fsp3) is 0.214. The molecule has 35 heavy (non-hydrogen) atoms. The minimum Gasteiger partial charge on any atom is -0.390 e. The quantitative estimate of drug-likeness (QED) is 0.400. The molecule has 0 unspecified atom stereocenters. The molecule has 7 heteroatoms. The Kier molecular flexibility index (Phi) is 4.64. The minimum absolute atomic E-state index is 0.509. The first-order valence-corrected chi connectivity index (χ1v) is 11.6. The highest BCUT2D eigenvalue weighted by atomic mass is 16.3. The number of rotatable bonds is 4. The van der Waals surface area contributed by atoms with Crippen LogP contribution in [0.25, 0.3) is 44.9 Å². The van der Waals surface area contributed by atoms with Crippen LogP contribution in [0.4, 0.5) is 0 Å². The first kappa shape index (κ1) is 21.6. The van der Waals surface area contributed by atoms with Crippen LogP contribution < -0.4 is 5.73 Å². The maximum Gasteiger partial charge on any atom is 0.184 e. The van der Waals surface area contributed by atoms with Crippen molar-refractivity contribution < 1.29 is 5.11 Å². The van der Waals surface area contributed by atoms with E-state index in [-0.39, 0.29) is 0 Å². The van der Waals surface area contributed by atoms with Gasteiger partial charge in [-0.2, -0.15) is 9.61 Å². The number of hydrogen-bond donors (Lipinski definition) is 2. The number of aliphatic hydroxyl groups is 1. The molecule has 0 bridgehead atoms. The second kappa shape index (κ2) is 7.53. The Morgan fingerprint density at radius 3 is 2.31 bits per heavy atom. The molecule has 0 atom stereocenters. The Morgan fingerprint density at radius 2 is 1.66 bits per heavy atom. The largest absolute Gasteiger partial charge is 0.390 e. The molecule has 3 heterocycles. The van der Waals surface area contributed by atoms with Crippen LogP contribution in [0.15, 0.2) is 73.4 Å². The molecular formula is C28H26N6O. The Hall–Kier alpha value is -3.94. The molecule has 7 nitrogen and oxygen atoms in total. The average molecular weight is 463 g/mol. The highest BCUT2D eigenvalue weighted by molar-refractivity contribution is 5.85. The maximum absolute atomic E-state index is 10.2. The second-order valence-electron chi connectivity index (χ2n) is 9.92. The van der Waals surface area contributed by atoms with E-state index in [9.17, 15) is 5.11 Å². The van der Waals surface area contributed by atoms with Crippen LogP contribution in [0.1, 0.15) is 37.9 Å². The van der Waals surface area contributed by atoms with Crippen LogP contribution >= 0.6 is 0 Å². The Bertz CT molecular complexity index is 1590. The fourth-order valence-corrected chi connectivity index (χ4v) is 5.11. The van der Waals surface area contributed by atoms with Gasteiger partial charge in [0.05, 0.1) is 28.9 Å². The van der Waals surface area contributed by atoms with E-state index in [4.69, 9.17) is 15.7 Å². The van der Waals surface area contributed by atoms with Crippen LogP contribution in [0.2, 0.25) is 0 Å². The van der Waals surface area contributed by atoms with Gasteiger partial charge in [0, 0.05) is 22.7 Å². The summed E-state index contributed by atoms with van der Waals surface area (Å²) < 4.78 is 1.73. The molecule has 174 valence electrons. The van der Waals surface area contributed by atoms with Crippen molar-refractivity contribution in [3.05, 3.63) is 84.7 Å². The van der Waals surface area contributed by atoms with E-state index in [1.54, 1.807) is 10.7 Å². The standard InChI is InChI=1S/C28H26N6O/c1-17(2)21-13-23-30-14-22-26(34(23)33-21)32-25(24(31-22)18-7-5-4-6-8-18)19-9-11-20(12-10-19)28(29)15-27(3,35)16-28/h4-14,35H,1,15-16,29H2,2-3H3/t27-,28-. The van der Waals surface area contributed by atoms with Crippen LogP contribution in [0.5, 0.6) is 0 Å². The van der Waals surface area contributed by atoms with Gasteiger partial charge in [-0.25, -0.2) is 15.0 Å². The van der Waals surface area contributed by atoms with E-state index < -0.39 is 11.1 Å². The first-order valence-electron chi connectivity index (χ1n) is 11.6. The van der Waals surface area contributed by atoms with Gasteiger partial charge in [-0.15, -0.1) is 0 Å². The summed E-state index contributed by atoms with van der Waals surface area (Å²) in [5, 5.41) is 14.9. The van der Waals surface area contributed by atoms with E-state index in [1.807, 2.05) is 74.5 Å². The molecule has 0 radical (unpaired) electrons. The van der Waals surface area contributed by atoms with Crippen molar-refractivity contribution >= 4 is 22.4 Å². The van der Waals surface area contributed by atoms with Gasteiger partial charge >= 0.3 is 0 Å². The van der Waals surface area contributed by atoms with E-state index in [1.165, 1.54) is 0 Å². The smallest absolute Gasteiger partial charge is 0.184 e. The van der Waals surface area contributed by atoms with Crippen LogP contribution in [0.3, 0.4) is 0 Å². The number of benzene rings is 2. The lowest BCUT2D eigenvalue weighted by atomic mass is 9.63. The van der Waals surface area contributed by atoms with Crippen molar-refractivity contribution in [2.24, 2.45) is 5.73 Å². The van der Waals surface area contributed by atoms with Gasteiger partial charge in [0.25, 0.3) is 0 Å². The fourth-order valence-electron chi connectivity index (χ4n) is 5.11. The molecular weight excluding hydrogens is 436 g/mol. The summed E-state index contributed by atoms with van der Waals surface area (Å²) in [6.07, 6.45) is 2.82. The minimum atomic E-state index is -0.705. The van der Waals surface area contributed by atoms with Crippen LogP contribution in [-0.2, 0) is 5.54 Å². The Labute approximate surface area is 203 Å². The summed E-state index contributed by atoms with van der Waals surface area (Å²) in [7, 11) is 0.